The van der Waals surface area contributed by atoms with Gasteiger partial charge in [0.15, 0.2) is 0 Å². The summed E-state index contributed by atoms with van der Waals surface area (Å²) in [6.45, 7) is 3.54. The summed E-state index contributed by atoms with van der Waals surface area (Å²) in [5, 5.41) is 4.32. The Hall–Kier alpha value is -0.740. The van der Waals surface area contributed by atoms with Crippen LogP contribution < -0.4 is 5.32 Å². The van der Waals surface area contributed by atoms with E-state index in [1.807, 2.05) is 13.0 Å². The monoisotopic (exact) mass is 329 g/mol. The number of hydrogen-bond acceptors (Lipinski definition) is 2. The molecule has 0 aromatic heterocycles. The molecule has 0 heterocycles. The number of halogens is 3. The van der Waals surface area contributed by atoms with Crippen molar-refractivity contribution in [1.82, 2.24) is 5.32 Å². The lowest BCUT2D eigenvalue weighted by atomic mass is 10.2. The molecule has 20 heavy (non-hydrogen) atoms. The van der Waals surface area contributed by atoms with Gasteiger partial charge in [0, 0.05) is 21.4 Å². The van der Waals surface area contributed by atoms with Crippen LogP contribution >= 0.6 is 35.0 Å². The van der Waals surface area contributed by atoms with Crippen molar-refractivity contribution in [2.24, 2.45) is 0 Å². The normalized spacial score (nSPS) is 10.8. The molecule has 2 rings (SSSR count). The zero-order chi connectivity index (χ0) is 14.5. The van der Waals surface area contributed by atoms with Gasteiger partial charge in [0.05, 0.1) is 5.02 Å². The van der Waals surface area contributed by atoms with Gasteiger partial charge in [-0.25, -0.2) is 4.39 Å². The van der Waals surface area contributed by atoms with Gasteiger partial charge in [-0.3, -0.25) is 0 Å². The highest BCUT2D eigenvalue weighted by Gasteiger charge is 2.09. The Morgan fingerprint density at radius 2 is 1.90 bits per heavy atom. The van der Waals surface area contributed by atoms with Crippen LogP contribution in [0.1, 0.15) is 12.5 Å². The van der Waals surface area contributed by atoms with Crippen molar-refractivity contribution >= 4 is 35.0 Å². The molecule has 0 aliphatic rings. The van der Waals surface area contributed by atoms with E-state index in [-0.39, 0.29) is 5.82 Å². The predicted octanol–water partition coefficient (Wildman–Crippen LogP) is 5.39. The van der Waals surface area contributed by atoms with Crippen LogP contribution in [0, 0.1) is 5.82 Å². The zero-order valence-electron chi connectivity index (χ0n) is 10.9. The topological polar surface area (TPSA) is 12.0 Å². The minimum absolute atomic E-state index is 0.249. The molecule has 0 saturated heterocycles. The standard InChI is InChI=1S/C15H14Cl2FNS/c1-2-19-9-10-3-6-14(13(18)7-10)20-15-8-11(16)4-5-12(15)17/h3-8,19H,2,9H2,1H3. The first-order chi connectivity index (χ1) is 9.60. The first-order valence-electron chi connectivity index (χ1n) is 6.22. The van der Waals surface area contributed by atoms with Crippen LogP contribution in [0.2, 0.25) is 10.0 Å². The summed E-state index contributed by atoms with van der Waals surface area (Å²) in [4.78, 5) is 1.28. The average Bonchev–Trinajstić information content (AvgIpc) is 2.43. The van der Waals surface area contributed by atoms with E-state index in [1.54, 1.807) is 30.3 Å². The summed E-state index contributed by atoms with van der Waals surface area (Å²) in [6.07, 6.45) is 0. The molecule has 0 aliphatic carbocycles. The van der Waals surface area contributed by atoms with Crippen molar-refractivity contribution in [1.29, 1.82) is 0 Å². The van der Waals surface area contributed by atoms with Crippen LogP contribution in [-0.4, -0.2) is 6.54 Å². The van der Waals surface area contributed by atoms with Crippen LogP contribution in [0.25, 0.3) is 0 Å². The van der Waals surface area contributed by atoms with Crippen LogP contribution in [0.15, 0.2) is 46.2 Å². The SMILES string of the molecule is CCNCc1ccc(Sc2cc(Cl)ccc2Cl)c(F)c1. The summed E-state index contributed by atoms with van der Waals surface area (Å²) < 4.78 is 14.1. The molecule has 0 spiro atoms. The van der Waals surface area contributed by atoms with Gasteiger partial charge in [0.2, 0.25) is 0 Å². The highest BCUT2D eigenvalue weighted by Crippen LogP contribution is 2.36. The maximum Gasteiger partial charge on any atom is 0.137 e. The number of benzene rings is 2. The first-order valence-corrected chi connectivity index (χ1v) is 7.79. The van der Waals surface area contributed by atoms with Crippen LogP contribution in [0.4, 0.5) is 4.39 Å². The van der Waals surface area contributed by atoms with E-state index in [9.17, 15) is 4.39 Å². The largest absolute Gasteiger partial charge is 0.313 e. The lowest BCUT2D eigenvalue weighted by Gasteiger charge is -2.08. The van der Waals surface area contributed by atoms with E-state index in [2.05, 4.69) is 5.32 Å². The Bertz CT molecular complexity index is 604. The van der Waals surface area contributed by atoms with E-state index < -0.39 is 0 Å². The second-order valence-electron chi connectivity index (χ2n) is 4.22. The molecule has 0 unspecified atom stereocenters. The minimum atomic E-state index is -0.249. The fraction of sp³-hybridized carbons (Fsp3) is 0.200. The molecule has 0 atom stereocenters. The summed E-state index contributed by atoms with van der Waals surface area (Å²) in [7, 11) is 0. The van der Waals surface area contributed by atoms with E-state index in [0.717, 1.165) is 17.0 Å². The Morgan fingerprint density at radius 3 is 2.60 bits per heavy atom. The van der Waals surface area contributed by atoms with E-state index >= 15 is 0 Å². The molecule has 0 amide bonds. The predicted molar refractivity (Wildman–Crippen MR) is 84.4 cm³/mol. The van der Waals surface area contributed by atoms with Crippen LogP contribution in [-0.2, 0) is 6.54 Å². The molecule has 0 bridgehead atoms. The van der Waals surface area contributed by atoms with Gasteiger partial charge >= 0.3 is 0 Å². The highest BCUT2D eigenvalue weighted by molar-refractivity contribution is 7.99. The maximum absolute atomic E-state index is 14.1. The van der Waals surface area contributed by atoms with Crippen molar-refractivity contribution in [3.8, 4) is 0 Å². The van der Waals surface area contributed by atoms with Gasteiger partial charge < -0.3 is 5.32 Å². The van der Waals surface area contributed by atoms with Gasteiger partial charge in [-0.1, -0.05) is 48.0 Å². The van der Waals surface area contributed by atoms with Gasteiger partial charge in [-0.05, 0) is 42.4 Å². The van der Waals surface area contributed by atoms with Crippen molar-refractivity contribution < 1.29 is 4.39 Å². The van der Waals surface area contributed by atoms with Gasteiger partial charge in [0.25, 0.3) is 0 Å². The van der Waals surface area contributed by atoms with Crippen LogP contribution in [0.5, 0.6) is 0 Å². The molecule has 0 fully saturated rings. The molecule has 0 saturated carbocycles. The first kappa shape index (κ1) is 15.6. The third kappa shape index (κ3) is 4.13. The van der Waals surface area contributed by atoms with Crippen LogP contribution in [0.3, 0.4) is 0 Å². The molecule has 1 nitrogen and oxygen atoms in total. The molecule has 1 N–H and O–H groups in total. The Kier molecular flexibility index (Phi) is 5.73. The Morgan fingerprint density at radius 1 is 1.10 bits per heavy atom. The summed E-state index contributed by atoms with van der Waals surface area (Å²) >= 11 is 13.3. The Balaban J connectivity index is 2.19. The fourth-order valence-electron chi connectivity index (χ4n) is 1.68. The second-order valence-corrected chi connectivity index (χ2v) is 6.15. The zero-order valence-corrected chi connectivity index (χ0v) is 13.2. The molecular formula is C15H14Cl2FNS. The number of nitrogens with one attached hydrogen (secondary N) is 1. The molecule has 2 aromatic carbocycles. The molecule has 0 aliphatic heterocycles. The molecule has 2 aromatic rings. The van der Waals surface area contributed by atoms with Crippen molar-refractivity contribution in [2.75, 3.05) is 6.54 Å². The molecule has 106 valence electrons. The maximum atomic E-state index is 14.1. The lowest BCUT2D eigenvalue weighted by molar-refractivity contribution is 0.596. The van der Waals surface area contributed by atoms with E-state index in [1.165, 1.54) is 11.8 Å². The number of hydrogen-bond donors (Lipinski definition) is 1. The highest BCUT2D eigenvalue weighted by atomic mass is 35.5. The van der Waals surface area contributed by atoms with Gasteiger partial charge in [-0.2, -0.15) is 0 Å². The fourth-order valence-corrected chi connectivity index (χ4v) is 3.03. The molecule has 5 heteroatoms. The van der Waals surface area contributed by atoms with Crippen molar-refractivity contribution in [3.63, 3.8) is 0 Å². The molecular weight excluding hydrogens is 316 g/mol. The lowest BCUT2D eigenvalue weighted by Crippen LogP contribution is -2.11. The smallest absolute Gasteiger partial charge is 0.137 e. The summed E-state index contributed by atoms with van der Waals surface area (Å²) in [5.41, 5.74) is 0.922. The number of rotatable bonds is 5. The van der Waals surface area contributed by atoms with Crippen molar-refractivity contribution in [3.05, 3.63) is 57.8 Å². The average molecular weight is 330 g/mol. The van der Waals surface area contributed by atoms with Gasteiger partial charge in [-0.15, -0.1) is 0 Å². The Labute approximate surface area is 132 Å². The van der Waals surface area contributed by atoms with Crippen molar-refractivity contribution in [2.45, 2.75) is 23.3 Å². The third-order valence-electron chi connectivity index (χ3n) is 2.69. The van der Waals surface area contributed by atoms with Gasteiger partial charge in [0.1, 0.15) is 5.82 Å². The third-order valence-corrected chi connectivity index (χ3v) is 4.47. The molecule has 0 radical (unpaired) electrons. The second kappa shape index (κ2) is 7.32. The minimum Gasteiger partial charge on any atom is -0.313 e. The summed E-state index contributed by atoms with van der Waals surface area (Å²) in [5.74, 6) is -0.249. The summed E-state index contributed by atoms with van der Waals surface area (Å²) in [6, 6.07) is 10.4. The van der Waals surface area contributed by atoms with E-state index in [0.29, 0.717) is 21.5 Å². The van der Waals surface area contributed by atoms with E-state index in [4.69, 9.17) is 23.2 Å². The quantitative estimate of drug-likeness (QED) is 0.788.